The third-order valence-corrected chi connectivity index (χ3v) is 3.05. The molecule has 17 heavy (non-hydrogen) atoms. The lowest BCUT2D eigenvalue weighted by molar-refractivity contribution is -0.119. The smallest absolute Gasteiger partial charge is 0.227 e. The molecule has 6 heteroatoms. The zero-order valence-corrected chi connectivity index (χ0v) is 9.67. The minimum atomic E-state index is -0.219. The number of nitrogens with zero attached hydrogens (tertiary/aromatic N) is 3. The summed E-state index contributed by atoms with van der Waals surface area (Å²) < 4.78 is 0. The van der Waals surface area contributed by atoms with Gasteiger partial charge in [0, 0.05) is 25.7 Å². The number of aromatic nitrogens is 2. The molecule has 0 unspecified atom stereocenters. The van der Waals surface area contributed by atoms with E-state index in [-0.39, 0.29) is 5.91 Å². The molecule has 0 aromatic carbocycles. The second-order valence-corrected chi connectivity index (χ2v) is 4.38. The minimum Gasteiger partial charge on any atom is -0.384 e. The molecule has 6 nitrogen and oxygen atoms in total. The summed E-state index contributed by atoms with van der Waals surface area (Å²) in [4.78, 5) is 21.3. The maximum atomic E-state index is 10.8. The van der Waals surface area contributed by atoms with Crippen molar-refractivity contribution >= 4 is 17.7 Å². The first-order valence-electron chi connectivity index (χ1n) is 5.77. The first-order chi connectivity index (χ1) is 8.15. The van der Waals surface area contributed by atoms with Crippen LogP contribution in [-0.4, -0.2) is 29.0 Å². The second kappa shape index (κ2) is 4.99. The van der Waals surface area contributed by atoms with Crippen LogP contribution in [0.25, 0.3) is 0 Å². The van der Waals surface area contributed by atoms with E-state index in [1.54, 1.807) is 12.3 Å². The Hall–Kier alpha value is -1.85. The second-order valence-electron chi connectivity index (χ2n) is 4.38. The molecule has 0 spiro atoms. The van der Waals surface area contributed by atoms with Crippen LogP contribution in [0.1, 0.15) is 19.3 Å². The fraction of sp³-hybridized carbons (Fsp3) is 0.545. The van der Waals surface area contributed by atoms with Crippen molar-refractivity contribution in [2.24, 2.45) is 11.7 Å². The van der Waals surface area contributed by atoms with Crippen molar-refractivity contribution in [2.45, 2.75) is 19.3 Å². The summed E-state index contributed by atoms with van der Waals surface area (Å²) in [5.74, 6) is 1.32. The van der Waals surface area contributed by atoms with Gasteiger partial charge in [0.05, 0.1) is 0 Å². The number of anilines is 2. The Morgan fingerprint density at radius 1 is 1.47 bits per heavy atom. The number of nitrogens with two attached hydrogens (primary N) is 2. The van der Waals surface area contributed by atoms with E-state index in [1.807, 2.05) is 0 Å². The zero-order chi connectivity index (χ0) is 12.3. The first kappa shape index (κ1) is 11.6. The van der Waals surface area contributed by atoms with E-state index in [0.29, 0.717) is 24.1 Å². The van der Waals surface area contributed by atoms with Gasteiger partial charge in [0.15, 0.2) is 0 Å². The highest BCUT2D eigenvalue weighted by Crippen LogP contribution is 2.22. The van der Waals surface area contributed by atoms with Crippen LogP contribution in [0.4, 0.5) is 11.8 Å². The predicted octanol–water partition coefficient (Wildman–Crippen LogP) is 0.151. The topological polar surface area (TPSA) is 98.1 Å². The van der Waals surface area contributed by atoms with Crippen molar-refractivity contribution in [2.75, 3.05) is 23.7 Å². The molecule has 0 bridgehead atoms. The summed E-state index contributed by atoms with van der Waals surface area (Å²) in [7, 11) is 0. The quantitative estimate of drug-likeness (QED) is 0.777. The highest BCUT2D eigenvalue weighted by Gasteiger charge is 2.22. The minimum absolute atomic E-state index is 0.219. The lowest BCUT2D eigenvalue weighted by atomic mass is 9.93. The Bertz CT molecular complexity index is 401. The van der Waals surface area contributed by atoms with Crippen molar-refractivity contribution < 1.29 is 4.79 Å². The first-order valence-corrected chi connectivity index (χ1v) is 5.77. The molecule has 1 saturated heterocycles. The summed E-state index contributed by atoms with van der Waals surface area (Å²) in [6, 6.07) is 1.67. The number of hydrogen-bond donors (Lipinski definition) is 2. The van der Waals surface area contributed by atoms with E-state index >= 15 is 0 Å². The number of carbonyl (C=O) groups excluding carboxylic acids is 1. The summed E-state index contributed by atoms with van der Waals surface area (Å²) >= 11 is 0. The maximum Gasteiger partial charge on any atom is 0.227 e. The number of hydrogen-bond acceptors (Lipinski definition) is 5. The summed E-state index contributed by atoms with van der Waals surface area (Å²) in [6.45, 7) is 1.70. The van der Waals surface area contributed by atoms with E-state index in [9.17, 15) is 4.79 Å². The Labute approximate surface area is 100 Å². The molecular weight excluding hydrogens is 218 g/mol. The lowest BCUT2D eigenvalue weighted by Gasteiger charge is -2.31. The van der Waals surface area contributed by atoms with Crippen LogP contribution in [0.2, 0.25) is 0 Å². The number of nitrogen functional groups attached to an aromatic ring is 1. The lowest BCUT2D eigenvalue weighted by Crippen LogP contribution is -2.36. The van der Waals surface area contributed by atoms with E-state index in [1.165, 1.54) is 0 Å². The van der Waals surface area contributed by atoms with Gasteiger partial charge in [-0.05, 0) is 24.8 Å². The van der Waals surface area contributed by atoms with Crippen LogP contribution in [-0.2, 0) is 4.79 Å². The highest BCUT2D eigenvalue weighted by atomic mass is 16.1. The largest absolute Gasteiger partial charge is 0.384 e. The molecule has 1 aromatic heterocycles. The van der Waals surface area contributed by atoms with Gasteiger partial charge < -0.3 is 16.4 Å². The molecule has 1 fully saturated rings. The van der Waals surface area contributed by atoms with Gasteiger partial charge in [-0.3, -0.25) is 4.79 Å². The molecule has 0 saturated carbocycles. The Morgan fingerprint density at radius 2 is 2.18 bits per heavy atom. The van der Waals surface area contributed by atoms with Crippen molar-refractivity contribution in [1.29, 1.82) is 0 Å². The van der Waals surface area contributed by atoms with Crippen LogP contribution in [0.15, 0.2) is 12.3 Å². The molecule has 1 aromatic rings. The average molecular weight is 235 g/mol. The molecule has 2 heterocycles. The van der Waals surface area contributed by atoms with Crippen LogP contribution >= 0.6 is 0 Å². The maximum absolute atomic E-state index is 10.8. The molecule has 4 N–H and O–H groups in total. The number of rotatable bonds is 3. The van der Waals surface area contributed by atoms with Crippen molar-refractivity contribution in [3.63, 3.8) is 0 Å². The van der Waals surface area contributed by atoms with Crippen LogP contribution in [0, 0.1) is 5.92 Å². The predicted molar refractivity (Wildman–Crippen MR) is 65.2 cm³/mol. The Balaban J connectivity index is 1.93. The van der Waals surface area contributed by atoms with E-state index < -0.39 is 0 Å². The molecule has 92 valence electrons. The number of piperidine rings is 1. The van der Waals surface area contributed by atoms with E-state index in [4.69, 9.17) is 11.5 Å². The van der Waals surface area contributed by atoms with Gasteiger partial charge >= 0.3 is 0 Å². The van der Waals surface area contributed by atoms with E-state index in [2.05, 4.69) is 14.9 Å². The van der Waals surface area contributed by atoms with Gasteiger partial charge in [-0.1, -0.05) is 0 Å². The van der Waals surface area contributed by atoms with Crippen LogP contribution < -0.4 is 16.4 Å². The standard InChI is InChI=1S/C11H17N5O/c12-9-1-4-14-11(15-9)16-5-2-8(3-6-16)7-10(13)17/h1,4,8H,2-3,5-7H2,(H2,13,17)(H2,12,14,15). The van der Waals surface area contributed by atoms with Gasteiger partial charge in [-0.25, -0.2) is 4.98 Å². The molecule has 2 rings (SSSR count). The monoisotopic (exact) mass is 235 g/mol. The summed E-state index contributed by atoms with van der Waals surface area (Å²) in [5.41, 5.74) is 10.8. The van der Waals surface area contributed by atoms with Gasteiger partial charge in [0.2, 0.25) is 11.9 Å². The van der Waals surface area contributed by atoms with Crippen molar-refractivity contribution in [3.8, 4) is 0 Å². The van der Waals surface area contributed by atoms with E-state index in [0.717, 1.165) is 25.9 Å². The SMILES string of the molecule is NC(=O)CC1CCN(c2nccc(N)n2)CC1. The van der Waals surface area contributed by atoms with Gasteiger partial charge in [-0.2, -0.15) is 4.98 Å². The van der Waals surface area contributed by atoms with Crippen molar-refractivity contribution in [1.82, 2.24) is 9.97 Å². The fourth-order valence-electron chi connectivity index (χ4n) is 2.14. The summed E-state index contributed by atoms with van der Waals surface area (Å²) in [5, 5.41) is 0. The average Bonchev–Trinajstić information content (AvgIpc) is 2.29. The van der Waals surface area contributed by atoms with Gasteiger partial charge in [0.25, 0.3) is 0 Å². The van der Waals surface area contributed by atoms with Gasteiger partial charge in [0.1, 0.15) is 5.82 Å². The van der Waals surface area contributed by atoms with Crippen LogP contribution in [0.5, 0.6) is 0 Å². The Morgan fingerprint density at radius 3 is 2.76 bits per heavy atom. The number of carbonyl (C=O) groups is 1. The molecule has 0 radical (unpaired) electrons. The van der Waals surface area contributed by atoms with Crippen LogP contribution in [0.3, 0.4) is 0 Å². The fourth-order valence-corrected chi connectivity index (χ4v) is 2.14. The highest BCUT2D eigenvalue weighted by molar-refractivity contribution is 5.74. The number of primary amides is 1. The summed E-state index contributed by atoms with van der Waals surface area (Å²) in [6.07, 6.45) is 4.03. The van der Waals surface area contributed by atoms with Crippen molar-refractivity contribution in [3.05, 3.63) is 12.3 Å². The third kappa shape index (κ3) is 3.05. The molecule has 0 aliphatic carbocycles. The molecule has 1 aliphatic heterocycles. The molecule has 1 aliphatic rings. The number of amides is 1. The Kier molecular flexibility index (Phi) is 3.41. The molecule has 1 amide bonds. The van der Waals surface area contributed by atoms with Gasteiger partial charge in [-0.15, -0.1) is 0 Å². The molecular formula is C11H17N5O. The third-order valence-electron chi connectivity index (χ3n) is 3.05. The normalized spacial score (nSPS) is 17.1. The molecule has 0 atom stereocenters. The zero-order valence-electron chi connectivity index (χ0n) is 9.67.